The second-order valence-corrected chi connectivity index (χ2v) is 16.0. The van der Waals surface area contributed by atoms with E-state index >= 15 is 0 Å². The zero-order chi connectivity index (χ0) is 50.8. The summed E-state index contributed by atoms with van der Waals surface area (Å²) in [5.41, 5.74) is 9.93. The number of rotatable bonds is 4. The van der Waals surface area contributed by atoms with E-state index in [2.05, 4.69) is 48.2 Å². The smallest absolute Gasteiger partial charge is 0.378 e. The Morgan fingerprint density at radius 3 is 1.60 bits per heavy atom. The second-order valence-electron chi connectivity index (χ2n) is 16.0. The number of amides is 4. The van der Waals surface area contributed by atoms with E-state index in [1.54, 1.807) is 0 Å². The molecule has 2 aromatic heterocycles. The molecule has 6 aliphatic rings. The molecule has 4 amide bonds. The van der Waals surface area contributed by atoms with Crippen molar-refractivity contribution in [3.05, 3.63) is 91.5 Å². The Hall–Kier alpha value is -5.47. The van der Waals surface area contributed by atoms with Crippen LogP contribution in [0.25, 0.3) is 0 Å². The fourth-order valence-electron chi connectivity index (χ4n) is 8.23. The molecule has 2 aliphatic heterocycles. The van der Waals surface area contributed by atoms with Gasteiger partial charge in [-0.2, -0.15) is 9.59 Å². The number of hydrogen-bond acceptors (Lipinski definition) is 18. The van der Waals surface area contributed by atoms with E-state index < -0.39 is 29.3 Å². The van der Waals surface area contributed by atoms with Crippen LogP contribution in [0.4, 0.5) is 0 Å². The quantitative estimate of drug-likeness (QED) is 0.122. The normalized spacial score (nSPS) is 21.7. The first kappa shape index (κ1) is 71.8. The minimum atomic E-state index is -0.662. The van der Waals surface area contributed by atoms with Gasteiger partial charge in [0.15, 0.2) is 0 Å². The molecule has 2 aromatic rings. The number of aromatic nitrogens is 6. The topological polar surface area (TPSA) is 408 Å². The zero-order valence-corrected chi connectivity index (χ0v) is 46.8. The minimum Gasteiger partial charge on any atom is -0.650 e. The number of allylic oxidation sites excluding steroid dienone is 2. The van der Waals surface area contributed by atoms with Crippen molar-refractivity contribution in [3.63, 3.8) is 0 Å². The Morgan fingerprint density at radius 2 is 1.04 bits per heavy atom. The number of carbonyl (C=O) groups is 4. The number of ether oxygens (including phenoxy) is 2. The van der Waals surface area contributed by atoms with Crippen molar-refractivity contribution in [1.29, 1.82) is 10.8 Å². The Morgan fingerprint density at radius 1 is 0.562 bits per heavy atom. The minimum absolute atomic E-state index is 0. The number of fused-ring (bicyclic) bond motifs is 3. The van der Waals surface area contributed by atoms with Crippen molar-refractivity contribution in [2.75, 3.05) is 0 Å². The van der Waals surface area contributed by atoms with Crippen LogP contribution in [0.2, 0.25) is 0 Å². The third kappa shape index (κ3) is 26.9. The molecule has 5 atom stereocenters. The molecule has 73 heavy (non-hydrogen) atoms. The standard InChI is InChI=1S/C11H15N2O4.2C10H14N2O2.C9H13O2.C2H2N4O2.CO2.2CH3.N2.2Y/c14-6-17-8-5-3-1-2-4-7-9(8)11(16)13-12-10(7)15;2*13-9-7-5-3-1-2-4-6-8(7)10(14)12-11-9;10-8-11-9-6-4-2-1-3-5-7-9;7-1-3-5-2(8)6-4-1;2-1-3;;;1-2;;/h7-9H,1-5H2,(H,12,15)(H,13,16);1-6H2,(H,11,13)(H,12,14);5,8H,1-4,6H2,(H,11,13)(H,12,14);4,6,9H,1-3,5,7H2;(H,3,4,7)(H,5,6,8);;2*1H3;;;/q-1;;;-1;;;2*-1;;;/b;;;6-4+;;;;;;;. The largest absolute Gasteiger partial charge is 0.650 e. The molecular weight excluding hydrogens is 1110 g/mol. The van der Waals surface area contributed by atoms with Crippen LogP contribution >= 0.6 is 0 Å². The summed E-state index contributed by atoms with van der Waals surface area (Å²) in [5.74, 6) is -1.89. The summed E-state index contributed by atoms with van der Waals surface area (Å²) in [6.45, 7) is 2.88. The van der Waals surface area contributed by atoms with Gasteiger partial charge in [-0.3, -0.25) is 60.7 Å². The molecule has 4 heterocycles. The summed E-state index contributed by atoms with van der Waals surface area (Å²) in [6.07, 6.45) is 26.2. The number of aromatic amines is 4. The molecular formula is C45H64N12O14Y2-4. The SMILES string of the molecule is N#N.O=C1NNC(=O)C2CCCCCC=C12.O=C=O.O=[C-]OC1/C=C/CCCCC1.O=[C-]OC1CCCCCC2C(=O)NNC(=O)C12.O=c1[nH][nH]c(=O)c2c1CCCCCC2.O=c1nnc(=O)[nH][nH]1.[CH3-].[CH3-].[Y].[Y]. The number of H-pyrrole nitrogens is 4. The van der Waals surface area contributed by atoms with Crippen molar-refractivity contribution in [3.8, 4) is 0 Å². The van der Waals surface area contributed by atoms with Crippen molar-refractivity contribution in [2.24, 2.45) is 17.8 Å². The van der Waals surface area contributed by atoms with Crippen LogP contribution in [0.15, 0.2) is 43.0 Å². The first-order chi connectivity index (χ1) is 33.4. The maximum Gasteiger partial charge on any atom is 0.378 e. The maximum absolute atomic E-state index is 11.8. The van der Waals surface area contributed by atoms with E-state index in [-0.39, 0.29) is 133 Å². The molecule has 398 valence electrons. The Balaban J connectivity index is -0.000000821. The molecule has 0 aromatic carbocycles. The monoisotopic (exact) mass is 1170 g/mol. The first-order valence-electron chi connectivity index (χ1n) is 22.6. The predicted molar refractivity (Wildman–Crippen MR) is 249 cm³/mol. The van der Waals surface area contributed by atoms with Gasteiger partial charge in [-0.25, -0.2) is 19.8 Å². The summed E-state index contributed by atoms with van der Waals surface area (Å²) >= 11 is 0. The summed E-state index contributed by atoms with van der Waals surface area (Å²) in [4.78, 5) is 126. The molecule has 26 nitrogen and oxygen atoms in total. The maximum atomic E-state index is 11.8. The molecule has 1 saturated carbocycles. The number of carbonyl (C=O) groups excluding carboxylic acids is 8. The first-order valence-corrected chi connectivity index (χ1v) is 22.6. The zero-order valence-electron chi connectivity index (χ0n) is 41.1. The van der Waals surface area contributed by atoms with Crippen molar-refractivity contribution in [2.45, 2.75) is 147 Å². The predicted octanol–water partition coefficient (Wildman–Crippen LogP) is 1.33. The van der Waals surface area contributed by atoms with Gasteiger partial charge in [-0.05, 0) is 89.9 Å². The molecule has 8 N–H and O–H groups in total. The van der Waals surface area contributed by atoms with Gasteiger partial charge in [0.25, 0.3) is 17.0 Å². The van der Waals surface area contributed by atoms with Crippen LogP contribution in [0.5, 0.6) is 0 Å². The van der Waals surface area contributed by atoms with Crippen LogP contribution in [0.3, 0.4) is 0 Å². The van der Waals surface area contributed by atoms with Gasteiger partial charge < -0.3 is 33.9 Å². The van der Waals surface area contributed by atoms with Gasteiger partial charge >= 0.3 is 17.5 Å². The third-order valence-corrected chi connectivity index (χ3v) is 11.5. The van der Waals surface area contributed by atoms with Crippen molar-refractivity contribution in [1.82, 2.24) is 52.3 Å². The van der Waals surface area contributed by atoms with E-state index in [4.69, 9.17) is 29.8 Å². The molecule has 2 radical (unpaired) electrons. The second kappa shape index (κ2) is 43.0. The summed E-state index contributed by atoms with van der Waals surface area (Å²) in [5, 5.41) is 26.4. The summed E-state index contributed by atoms with van der Waals surface area (Å²) in [7, 11) is 0. The van der Waals surface area contributed by atoms with E-state index in [0.29, 0.717) is 29.5 Å². The fourth-order valence-corrected chi connectivity index (χ4v) is 8.23. The van der Waals surface area contributed by atoms with Gasteiger partial charge in [0.2, 0.25) is 17.7 Å². The molecule has 28 heteroatoms. The summed E-state index contributed by atoms with van der Waals surface area (Å²) in [6, 6.07) is 0. The third-order valence-electron chi connectivity index (χ3n) is 11.5. The van der Waals surface area contributed by atoms with E-state index in [9.17, 15) is 47.9 Å². The molecule has 3 fully saturated rings. The van der Waals surface area contributed by atoms with Crippen molar-refractivity contribution >= 4 is 42.7 Å². The average molecular weight is 1170 g/mol. The Labute approximate surface area is 471 Å². The number of nitrogens with one attached hydrogen (secondary N) is 8. The van der Waals surface area contributed by atoms with Crippen LogP contribution in [0.1, 0.15) is 133 Å². The van der Waals surface area contributed by atoms with E-state index in [1.165, 1.54) is 25.8 Å². The number of nitrogens with zero attached hydrogens (tertiary/aromatic N) is 4. The van der Waals surface area contributed by atoms with E-state index in [1.807, 2.05) is 22.3 Å². The van der Waals surface area contributed by atoms with Crippen LogP contribution in [-0.2, 0) is 126 Å². The van der Waals surface area contributed by atoms with Gasteiger partial charge in [0.1, 0.15) is 0 Å². The van der Waals surface area contributed by atoms with Crippen molar-refractivity contribution < 1.29 is 113 Å². The van der Waals surface area contributed by atoms with Gasteiger partial charge in [0.05, 0.1) is 30.0 Å². The van der Waals surface area contributed by atoms with Gasteiger partial charge in [0, 0.05) is 92.9 Å². The van der Waals surface area contributed by atoms with Gasteiger partial charge in [-0.1, -0.05) is 86.3 Å². The summed E-state index contributed by atoms with van der Waals surface area (Å²) < 4.78 is 9.59. The van der Waals surface area contributed by atoms with Crippen LogP contribution < -0.4 is 44.2 Å². The Bertz CT molecular complexity index is 2240. The van der Waals surface area contributed by atoms with E-state index in [0.717, 1.165) is 109 Å². The fraction of sp³-hybridized carbons (Fsp3) is 0.578. The molecule has 2 saturated heterocycles. The number of hydrazine groups is 2. The number of hydrogen-bond donors (Lipinski definition) is 8. The molecule has 0 spiro atoms. The molecule has 0 bridgehead atoms. The average Bonchev–Trinajstić information content (AvgIpc) is 3.30. The van der Waals surface area contributed by atoms with Gasteiger partial charge in [-0.15, -0.1) is 0 Å². The van der Waals surface area contributed by atoms with Crippen LogP contribution in [-0.4, -0.2) is 85.5 Å². The molecule has 5 unspecified atom stereocenters. The van der Waals surface area contributed by atoms with Crippen LogP contribution in [0, 0.1) is 43.4 Å². The molecule has 8 rings (SSSR count). The Kier molecular flexibility index (Phi) is 42.3. The molecule has 4 aliphatic carbocycles.